The lowest BCUT2D eigenvalue weighted by Gasteiger charge is -2.40. The lowest BCUT2D eigenvalue weighted by molar-refractivity contribution is -0.137. The number of aryl methyl sites for hydroxylation is 2. The Morgan fingerprint density at radius 2 is 1.91 bits per heavy atom. The SMILES string of the molecule is Cc1nc(C(=O)N2CC[C@@H]2CNC(=O)c2c(C)nc3sccn23)c(-c2ccc(C(F)(F)F)cc2)s1. The van der Waals surface area contributed by atoms with Gasteiger partial charge in [-0.2, -0.15) is 13.2 Å². The minimum atomic E-state index is -4.43. The Bertz CT molecular complexity index is 1420. The van der Waals surface area contributed by atoms with E-state index in [1.54, 1.807) is 29.3 Å². The maximum atomic E-state index is 13.3. The van der Waals surface area contributed by atoms with Gasteiger partial charge in [0.05, 0.1) is 27.2 Å². The maximum Gasteiger partial charge on any atom is 0.416 e. The van der Waals surface area contributed by atoms with Crippen LogP contribution >= 0.6 is 22.7 Å². The summed E-state index contributed by atoms with van der Waals surface area (Å²) in [4.78, 5) is 37.8. The van der Waals surface area contributed by atoms with E-state index < -0.39 is 11.7 Å². The van der Waals surface area contributed by atoms with Crippen molar-refractivity contribution in [2.24, 2.45) is 0 Å². The van der Waals surface area contributed by atoms with Crippen molar-refractivity contribution < 1.29 is 22.8 Å². The van der Waals surface area contributed by atoms with Gasteiger partial charge in [0.1, 0.15) is 11.4 Å². The lowest BCUT2D eigenvalue weighted by Crippen LogP contribution is -2.56. The van der Waals surface area contributed by atoms with Gasteiger partial charge in [-0.15, -0.1) is 22.7 Å². The normalized spacial score (nSPS) is 15.9. The number of imidazole rings is 1. The van der Waals surface area contributed by atoms with Gasteiger partial charge in [-0.05, 0) is 38.0 Å². The molecule has 1 aliphatic rings. The molecule has 1 saturated heterocycles. The number of aromatic nitrogens is 3. The minimum absolute atomic E-state index is 0.194. The molecule has 0 aliphatic carbocycles. The van der Waals surface area contributed by atoms with E-state index in [0.29, 0.717) is 33.4 Å². The highest BCUT2D eigenvalue weighted by atomic mass is 32.1. The predicted molar refractivity (Wildman–Crippen MR) is 127 cm³/mol. The molecule has 1 aliphatic heterocycles. The van der Waals surface area contributed by atoms with Crippen molar-refractivity contribution in [3.63, 3.8) is 0 Å². The van der Waals surface area contributed by atoms with Crippen LogP contribution < -0.4 is 5.32 Å². The van der Waals surface area contributed by atoms with Crippen molar-refractivity contribution in [2.45, 2.75) is 32.5 Å². The average Bonchev–Trinajstić information content (AvgIpc) is 3.46. The highest BCUT2D eigenvalue weighted by molar-refractivity contribution is 7.15. The Hall–Kier alpha value is -3.25. The third-order valence-electron chi connectivity index (χ3n) is 5.97. The van der Waals surface area contributed by atoms with E-state index in [1.165, 1.54) is 34.8 Å². The molecule has 1 fully saturated rings. The number of benzene rings is 1. The number of nitrogens with zero attached hydrogens (tertiary/aromatic N) is 4. The van der Waals surface area contributed by atoms with E-state index in [0.717, 1.165) is 23.5 Å². The number of alkyl halides is 3. The Morgan fingerprint density at radius 3 is 2.57 bits per heavy atom. The molecule has 7 nitrogen and oxygen atoms in total. The van der Waals surface area contributed by atoms with Crippen LogP contribution in [0.25, 0.3) is 15.4 Å². The molecule has 2 amide bonds. The summed E-state index contributed by atoms with van der Waals surface area (Å²) in [5.41, 5.74) is 1.08. The molecule has 0 unspecified atom stereocenters. The van der Waals surface area contributed by atoms with Crippen LogP contribution in [-0.2, 0) is 6.18 Å². The molecule has 5 rings (SSSR count). The topological polar surface area (TPSA) is 79.6 Å². The second-order valence-electron chi connectivity index (χ2n) is 8.24. The Kier molecular flexibility index (Phi) is 5.88. The first-order valence-electron chi connectivity index (χ1n) is 10.8. The molecule has 35 heavy (non-hydrogen) atoms. The Balaban J connectivity index is 1.30. The van der Waals surface area contributed by atoms with Crippen LogP contribution in [0.1, 0.15) is 43.7 Å². The lowest BCUT2D eigenvalue weighted by atomic mass is 10.0. The zero-order chi connectivity index (χ0) is 24.9. The second kappa shape index (κ2) is 8.76. The van der Waals surface area contributed by atoms with E-state index in [9.17, 15) is 22.8 Å². The first kappa shape index (κ1) is 23.5. The van der Waals surface area contributed by atoms with Crippen molar-refractivity contribution in [1.29, 1.82) is 0 Å². The standard InChI is InChI=1S/C23H20F3N5O2S2/c1-12-18(31-9-10-34-22(31)28-12)20(32)27-11-16-7-8-30(16)21(33)17-19(35-13(2)29-17)14-3-5-15(6-4-14)23(24,25)26/h3-6,9-10,16H,7-8,11H2,1-2H3,(H,27,32)/t16-/m1/s1. The number of fused-ring (bicyclic) bond motifs is 1. The van der Waals surface area contributed by atoms with Crippen molar-refractivity contribution in [2.75, 3.05) is 13.1 Å². The monoisotopic (exact) mass is 519 g/mol. The average molecular weight is 520 g/mol. The van der Waals surface area contributed by atoms with Gasteiger partial charge in [0.15, 0.2) is 4.96 Å². The smallest absolute Gasteiger partial charge is 0.349 e. The minimum Gasteiger partial charge on any atom is -0.349 e. The highest BCUT2D eigenvalue weighted by Crippen LogP contribution is 2.35. The van der Waals surface area contributed by atoms with Gasteiger partial charge in [0, 0.05) is 24.7 Å². The third kappa shape index (κ3) is 4.31. The summed E-state index contributed by atoms with van der Waals surface area (Å²) in [6.45, 7) is 4.33. The summed E-state index contributed by atoms with van der Waals surface area (Å²) in [5, 5.41) is 5.40. The first-order valence-corrected chi connectivity index (χ1v) is 12.5. The molecule has 12 heteroatoms. The second-order valence-corrected chi connectivity index (χ2v) is 10.3. The van der Waals surface area contributed by atoms with Gasteiger partial charge in [-0.3, -0.25) is 14.0 Å². The van der Waals surface area contributed by atoms with Crippen molar-refractivity contribution in [3.8, 4) is 10.4 Å². The van der Waals surface area contributed by atoms with Crippen LogP contribution in [0.4, 0.5) is 13.2 Å². The number of hydrogen-bond acceptors (Lipinski definition) is 6. The number of amides is 2. The number of likely N-dealkylation sites (tertiary alicyclic amines) is 1. The quantitative estimate of drug-likeness (QED) is 0.411. The molecule has 0 spiro atoms. The molecule has 0 radical (unpaired) electrons. The summed E-state index contributed by atoms with van der Waals surface area (Å²) in [7, 11) is 0. The number of halogens is 3. The highest BCUT2D eigenvalue weighted by Gasteiger charge is 2.36. The molecular weight excluding hydrogens is 499 g/mol. The largest absolute Gasteiger partial charge is 0.416 e. The predicted octanol–water partition coefficient (Wildman–Crippen LogP) is 4.80. The molecule has 182 valence electrons. The van der Waals surface area contributed by atoms with Gasteiger partial charge in [-0.25, -0.2) is 9.97 Å². The number of nitrogens with one attached hydrogen (secondary N) is 1. The Morgan fingerprint density at radius 1 is 1.17 bits per heavy atom. The fourth-order valence-electron chi connectivity index (χ4n) is 4.10. The molecular formula is C23H20F3N5O2S2. The van der Waals surface area contributed by atoms with E-state index in [4.69, 9.17) is 0 Å². The first-order chi connectivity index (χ1) is 16.6. The zero-order valence-corrected chi connectivity index (χ0v) is 20.4. The van der Waals surface area contributed by atoms with E-state index in [-0.39, 0.29) is 30.1 Å². The fraction of sp³-hybridized carbons (Fsp3) is 0.304. The Labute approximate surface area is 206 Å². The molecule has 1 N–H and O–H groups in total. The number of carbonyl (C=O) groups excluding carboxylic acids is 2. The summed E-state index contributed by atoms with van der Waals surface area (Å²) in [5.74, 6) is -0.557. The summed E-state index contributed by atoms with van der Waals surface area (Å²) < 4.78 is 40.5. The summed E-state index contributed by atoms with van der Waals surface area (Å²) in [6, 6.07) is 4.53. The molecule has 3 aromatic heterocycles. The van der Waals surface area contributed by atoms with Gasteiger partial charge in [0.2, 0.25) is 0 Å². The molecule has 1 atom stereocenters. The van der Waals surface area contributed by atoms with Crippen molar-refractivity contribution in [3.05, 3.63) is 63.5 Å². The third-order valence-corrected chi connectivity index (χ3v) is 7.74. The van der Waals surface area contributed by atoms with E-state index in [1.807, 2.05) is 5.38 Å². The summed E-state index contributed by atoms with van der Waals surface area (Å²) >= 11 is 2.71. The van der Waals surface area contributed by atoms with Gasteiger partial charge in [0.25, 0.3) is 11.8 Å². The molecule has 4 heterocycles. The van der Waals surface area contributed by atoms with Crippen LogP contribution in [0.5, 0.6) is 0 Å². The van der Waals surface area contributed by atoms with Crippen LogP contribution in [0.3, 0.4) is 0 Å². The fourth-order valence-corrected chi connectivity index (χ4v) is 5.77. The van der Waals surface area contributed by atoms with Crippen molar-refractivity contribution >= 4 is 39.4 Å². The van der Waals surface area contributed by atoms with Crippen molar-refractivity contribution in [1.82, 2.24) is 24.6 Å². The van der Waals surface area contributed by atoms with Gasteiger partial charge in [-0.1, -0.05) is 12.1 Å². The van der Waals surface area contributed by atoms with Gasteiger partial charge >= 0.3 is 6.18 Å². The summed E-state index contributed by atoms with van der Waals surface area (Å²) in [6.07, 6.45) is -1.91. The molecule has 4 aromatic rings. The molecule has 1 aromatic carbocycles. The molecule has 0 saturated carbocycles. The van der Waals surface area contributed by atoms with Gasteiger partial charge < -0.3 is 10.2 Å². The van der Waals surface area contributed by atoms with Crippen LogP contribution in [0, 0.1) is 13.8 Å². The number of carbonyl (C=O) groups is 2. The zero-order valence-electron chi connectivity index (χ0n) is 18.7. The van der Waals surface area contributed by atoms with E-state index in [2.05, 4.69) is 15.3 Å². The van der Waals surface area contributed by atoms with Crippen LogP contribution in [0.15, 0.2) is 35.8 Å². The molecule has 0 bridgehead atoms. The van der Waals surface area contributed by atoms with Crippen LogP contribution in [-0.4, -0.2) is 50.2 Å². The van der Waals surface area contributed by atoms with Crippen LogP contribution in [0.2, 0.25) is 0 Å². The van der Waals surface area contributed by atoms with E-state index >= 15 is 0 Å². The number of thiazole rings is 2. The number of rotatable bonds is 5. The number of hydrogen-bond donors (Lipinski definition) is 1. The maximum absolute atomic E-state index is 13.3.